The fourth-order valence-corrected chi connectivity index (χ4v) is 2.00. The van der Waals surface area contributed by atoms with Gasteiger partial charge in [-0.15, -0.1) is 6.58 Å². The molecule has 0 aliphatic carbocycles. The summed E-state index contributed by atoms with van der Waals surface area (Å²) in [6.45, 7) is 12.1. The summed E-state index contributed by atoms with van der Waals surface area (Å²) >= 11 is 0. The molecule has 1 rings (SSSR count). The Kier molecular flexibility index (Phi) is 7.11. The molecule has 0 unspecified atom stereocenters. The van der Waals surface area contributed by atoms with Crippen LogP contribution in [0.15, 0.2) is 31.1 Å². The number of anilines is 1. The molecule has 1 aromatic heterocycles. The van der Waals surface area contributed by atoms with Crippen LogP contribution in [0.4, 0.5) is 5.69 Å². The van der Waals surface area contributed by atoms with E-state index in [9.17, 15) is 0 Å². The monoisotopic (exact) mass is 247 g/mol. The smallest absolute Gasteiger partial charge is 0.0445 e. The van der Waals surface area contributed by atoms with Crippen molar-refractivity contribution in [3.05, 3.63) is 36.7 Å². The lowest BCUT2D eigenvalue weighted by Gasteiger charge is -2.25. The minimum absolute atomic E-state index is 0.883. The van der Waals surface area contributed by atoms with Gasteiger partial charge in [0.05, 0.1) is 0 Å². The van der Waals surface area contributed by atoms with Crippen molar-refractivity contribution in [1.82, 2.24) is 10.3 Å². The number of aromatic nitrogens is 1. The van der Waals surface area contributed by atoms with E-state index in [2.05, 4.69) is 41.7 Å². The summed E-state index contributed by atoms with van der Waals surface area (Å²) in [5.74, 6) is 0. The number of nitrogens with zero attached hydrogens (tertiary/aromatic N) is 2. The number of rotatable bonds is 9. The maximum absolute atomic E-state index is 4.23. The van der Waals surface area contributed by atoms with E-state index in [4.69, 9.17) is 0 Å². The summed E-state index contributed by atoms with van der Waals surface area (Å²) in [5, 5.41) is 3.44. The summed E-state index contributed by atoms with van der Waals surface area (Å²) < 4.78 is 0. The van der Waals surface area contributed by atoms with Crippen LogP contribution in [-0.2, 0) is 6.54 Å². The van der Waals surface area contributed by atoms with Crippen LogP contribution in [0.3, 0.4) is 0 Å². The van der Waals surface area contributed by atoms with Crippen molar-refractivity contribution in [2.24, 2.45) is 0 Å². The molecular formula is C15H25N3. The average molecular weight is 247 g/mol. The standard InChI is InChI=1S/C15H25N3/c1-4-8-16-12-14-13-17-9-7-15(14)18(10-5-2)11-6-3/h5,7,9,13,16H,2,4,6,8,10-12H2,1,3H3. The molecule has 1 aromatic rings. The van der Waals surface area contributed by atoms with Crippen LogP contribution in [0.1, 0.15) is 32.3 Å². The SMILES string of the molecule is C=CCN(CCC)c1ccncc1CNCCC. The van der Waals surface area contributed by atoms with Crippen molar-refractivity contribution in [3.8, 4) is 0 Å². The van der Waals surface area contributed by atoms with Gasteiger partial charge in [-0.1, -0.05) is 19.9 Å². The maximum atomic E-state index is 4.23. The van der Waals surface area contributed by atoms with Gasteiger partial charge in [0.1, 0.15) is 0 Å². The van der Waals surface area contributed by atoms with E-state index in [0.29, 0.717) is 0 Å². The Balaban J connectivity index is 2.80. The molecule has 0 aromatic carbocycles. The highest BCUT2D eigenvalue weighted by atomic mass is 15.1. The molecule has 0 aliphatic rings. The molecule has 0 fully saturated rings. The van der Waals surface area contributed by atoms with Gasteiger partial charge in [-0.05, 0) is 25.5 Å². The predicted octanol–water partition coefficient (Wildman–Crippen LogP) is 2.98. The van der Waals surface area contributed by atoms with Crippen molar-refractivity contribution in [2.45, 2.75) is 33.2 Å². The molecule has 0 atom stereocenters. The molecule has 18 heavy (non-hydrogen) atoms. The third-order valence-corrected chi connectivity index (χ3v) is 2.80. The Labute approximate surface area is 111 Å². The number of pyridine rings is 1. The first-order chi connectivity index (χ1) is 8.83. The maximum Gasteiger partial charge on any atom is 0.0445 e. The van der Waals surface area contributed by atoms with E-state index in [1.165, 1.54) is 11.3 Å². The van der Waals surface area contributed by atoms with Crippen LogP contribution in [0, 0.1) is 0 Å². The fourth-order valence-electron chi connectivity index (χ4n) is 2.00. The molecule has 3 nitrogen and oxygen atoms in total. The second kappa shape index (κ2) is 8.70. The Bertz CT molecular complexity index is 349. The third kappa shape index (κ3) is 4.49. The average Bonchev–Trinajstić information content (AvgIpc) is 2.39. The molecule has 0 aliphatic heterocycles. The Morgan fingerprint density at radius 1 is 1.39 bits per heavy atom. The lowest BCUT2D eigenvalue weighted by Crippen LogP contribution is -2.26. The van der Waals surface area contributed by atoms with E-state index < -0.39 is 0 Å². The van der Waals surface area contributed by atoms with Gasteiger partial charge in [0.2, 0.25) is 0 Å². The quantitative estimate of drug-likeness (QED) is 0.537. The van der Waals surface area contributed by atoms with Crippen LogP contribution in [0.25, 0.3) is 0 Å². The zero-order valence-electron chi connectivity index (χ0n) is 11.7. The highest BCUT2D eigenvalue weighted by Gasteiger charge is 2.08. The number of hydrogen-bond acceptors (Lipinski definition) is 3. The molecule has 0 radical (unpaired) electrons. The predicted molar refractivity (Wildman–Crippen MR) is 78.9 cm³/mol. The van der Waals surface area contributed by atoms with E-state index in [1.807, 2.05) is 18.5 Å². The van der Waals surface area contributed by atoms with E-state index >= 15 is 0 Å². The highest BCUT2D eigenvalue weighted by molar-refractivity contribution is 5.52. The lowest BCUT2D eigenvalue weighted by atomic mass is 10.2. The van der Waals surface area contributed by atoms with Crippen molar-refractivity contribution in [2.75, 3.05) is 24.5 Å². The Morgan fingerprint density at radius 3 is 2.89 bits per heavy atom. The van der Waals surface area contributed by atoms with Gasteiger partial charge < -0.3 is 10.2 Å². The van der Waals surface area contributed by atoms with Crippen LogP contribution in [0.2, 0.25) is 0 Å². The summed E-state index contributed by atoms with van der Waals surface area (Å²) in [6.07, 6.45) is 8.08. The van der Waals surface area contributed by atoms with Crippen LogP contribution >= 0.6 is 0 Å². The molecule has 0 saturated carbocycles. The molecule has 0 bridgehead atoms. The summed E-state index contributed by atoms with van der Waals surface area (Å²) in [5.41, 5.74) is 2.54. The van der Waals surface area contributed by atoms with Crippen molar-refractivity contribution >= 4 is 5.69 Å². The fraction of sp³-hybridized carbons (Fsp3) is 0.533. The third-order valence-electron chi connectivity index (χ3n) is 2.80. The highest BCUT2D eigenvalue weighted by Crippen LogP contribution is 2.19. The van der Waals surface area contributed by atoms with Gasteiger partial charge >= 0.3 is 0 Å². The zero-order chi connectivity index (χ0) is 13.2. The minimum atomic E-state index is 0.883. The largest absolute Gasteiger partial charge is 0.367 e. The molecule has 0 amide bonds. The van der Waals surface area contributed by atoms with E-state index in [1.54, 1.807) is 0 Å². The molecule has 100 valence electrons. The molecule has 1 N–H and O–H groups in total. The van der Waals surface area contributed by atoms with Crippen LogP contribution < -0.4 is 10.2 Å². The second-order valence-electron chi connectivity index (χ2n) is 4.42. The molecule has 3 heteroatoms. The molecule has 0 spiro atoms. The minimum Gasteiger partial charge on any atom is -0.367 e. The second-order valence-corrected chi connectivity index (χ2v) is 4.42. The zero-order valence-corrected chi connectivity index (χ0v) is 11.7. The Hall–Kier alpha value is -1.35. The first-order valence-corrected chi connectivity index (χ1v) is 6.82. The van der Waals surface area contributed by atoms with E-state index in [-0.39, 0.29) is 0 Å². The molecule has 1 heterocycles. The number of nitrogens with one attached hydrogen (secondary N) is 1. The van der Waals surface area contributed by atoms with Gasteiger partial charge in [-0.3, -0.25) is 4.98 Å². The first-order valence-electron chi connectivity index (χ1n) is 6.82. The summed E-state index contributed by atoms with van der Waals surface area (Å²) in [7, 11) is 0. The van der Waals surface area contributed by atoms with Crippen molar-refractivity contribution in [3.63, 3.8) is 0 Å². The van der Waals surface area contributed by atoms with Gasteiger partial charge in [0, 0.05) is 43.3 Å². The van der Waals surface area contributed by atoms with Gasteiger partial charge in [-0.2, -0.15) is 0 Å². The molecule has 0 saturated heterocycles. The van der Waals surface area contributed by atoms with Crippen LogP contribution in [-0.4, -0.2) is 24.6 Å². The van der Waals surface area contributed by atoms with Crippen molar-refractivity contribution < 1.29 is 0 Å². The summed E-state index contributed by atoms with van der Waals surface area (Å²) in [6, 6.07) is 2.10. The van der Waals surface area contributed by atoms with Gasteiger partial charge in [0.15, 0.2) is 0 Å². The van der Waals surface area contributed by atoms with Gasteiger partial charge in [-0.25, -0.2) is 0 Å². The van der Waals surface area contributed by atoms with Crippen LogP contribution in [0.5, 0.6) is 0 Å². The topological polar surface area (TPSA) is 28.2 Å². The first kappa shape index (κ1) is 14.7. The number of hydrogen-bond donors (Lipinski definition) is 1. The lowest BCUT2D eigenvalue weighted by molar-refractivity contribution is 0.670. The van der Waals surface area contributed by atoms with Crippen molar-refractivity contribution in [1.29, 1.82) is 0 Å². The Morgan fingerprint density at radius 2 is 2.22 bits per heavy atom. The van der Waals surface area contributed by atoms with Gasteiger partial charge in [0.25, 0.3) is 0 Å². The molecular weight excluding hydrogens is 222 g/mol. The normalized spacial score (nSPS) is 10.3. The van der Waals surface area contributed by atoms with E-state index in [0.717, 1.165) is 39.0 Å². The summed E-state index contributed by atoms with van der Waals surface area (Å²) in [4.78, 5) is 6.59.